The van der Waals surface area contributed by atoms with Crippen LogP contribution in [0.2, 0.25) is 0 Å². The Labute approximate surface area is 216 Å². The molecule has 0 aliphatic carbocycles. The zero-order valence-corrected chi connectivity index (χ0v) is 21.3. The van der Waals surface area contributed by atoms with Crippen molar-refractivity contribution in [2.45, 2.75) is 34.1 Å². The van der Waals surface area contributed by atoms with Gasteiger partial charge >= 0.3 is 5.97 Å². The van der Waals surface area contributed by atoms with E-state index >= 15 is 0 Å². The Morgan fingerprint density at radius 3 is 2.05 bits per heavy atom. The fourth-order valence-corrected chi connectivity index (χ4v) is 3.00. The first-order valence-electron chi connectivity index (χ1n) is 11.3. The number of halogens is 5. The summed E-state index contributed by atoms with van der Waals surface area (Å²) in [5.74, 6) is -13.6. The highest BCUT2D eigenvalue weighted by atomic mass is 19.2. The van der Waals surface area contributed by atoms with Crippen molar-refractivity contribution >= 4 is 11.9 Å². The average Bonchev–Trinajstić information content (AvgIpc) is 2.91. The number of benzene rings is 2. The number of rotatable bonds is 6. The Hall–Kier alpha value is -4.09. The zero-order valence-electron chi connectivity index (χ0n) is 21.3. The molecule has 0 saturated carbocycles. The second-order valence-corrected chi connectivity index (χ2v) is 8.96. The summed E-state index contributed by atoms with van der Waals surface area (Å²) in [4.78, 5) is 30.5. The molecule has 0 radical (unpaired) electrons. The maximum atomic E-state index is 13.2. The van der Waals surface area contributed by atoms with E-state index in [-0.39, 0.29) is 11.3 Å². The lowest BCUT2D eigenvalue weighted by molar-refractivity contribution is 0.0709. The molecule has 0 saturated heterocycles. The Morgan fingerprint density at radius 2 is 1.55 bits per heavy atom. The van der Waals surface area contributed by atoms with Gasteiger partial charge < -0.3 is 14.8 Å². The molecular formula is C26H26F5N3O4. The summed E-state index contributed by atoms with van der Waals surface area (Å²) in [6.07, 6.45) is 3.96. The molecule has 0 fully saturated rings. The number of hydrogen-bond donors (Lipinski definition) is 1. The molecule has 2 aromatic carbocycles. The van der Waals surface area contributed by atoms with E-state index in [0.717, 1.165) is 30.1 Å². The Kier molecular flexibility index (Phi) is 10.3. The Balaban J connectivity index is 0.000000269. The number of aromatic nitrogens is 2. The van der Waals surface area contributed by atoms with Crippen molar-refractivity contribution in [1.82, 2.24) is 15.3 Å². The zero-order chi connectivity index (χ0) is 28.6. The molecule has 0 aliphatic rings. The molecule has 1 N–H and O–H groups in total. The number of methoxy groups -OCH3 is 1. The molecule has 1 heterocycles. The van der Waals surface area contributed by atoms with Crippen molar-refractivity contribution in [2.75, 3.05) is 13.7 Å². The van der Waals surface area contributed by atoms with E-state index in [0.29, 0.717) is 12.1 Å². The number of nitrogens with zero attached hydrogens (tertiary/aromatic N) is 2. The maximum Gasteiger partial charge on any atom is 0.364 e. The van der Waals surface area contributed by atoms with E-state index in [4.69, 9.17) is 4.74 Å². The van der Waals surface area contributed by atoms with Gasteiger partial charge in [-0.2, -0.15) is 8.78 Å². The second kappa shape index (κ2) is 12.9. The number of carbonyl (C=O) groups excluding carboxylic acids is 2. The lowest BCUT2D eigenvalue weighted by Gasteiger charge is -2.19. The van der Waals surface area contributed by atoms with Crippen molar-refractivity contribution in [3.05, 3.63) is 82.7 Å². The van der Waals surface area contributed by atoms with Crippen LogP contribution >= 0.6 is 0 Å². The SMILES string of the molecule is CCc1c(OC)cccc1C(=O)NCC(C)(C)C.O=C(Oc1c(F)c(F)c(F)c(F)c1F)c1cnccn1. The van der Waals surface area contributed by atoms with Gasteiger partial charge in [0.05, 0.1) is 13.3 Å². The molecule has 204 valence electrons. The normalized spacial score (nSPS) is 10.8. The second-order valence-electron chi connectivity index (χ2n) is 8.96. The predicted octanol–water partition coefficient (Wildman–Crippen LogP) is 5.42. The topological polar surface area (TPSA) is 90.4 Å². The quantitative estimate of drug-likeness (QED) is 0.148. The molecule has 1 amide bonds. The van der Waals surface area contributed by atoms with Gasteiger partial charge in [-0.15, -0.1) is 0 Å². The van der Waals surface area contributed by atoms with Crippen LogP contribution < -0.4 is 14.8 Å². The van der Waals surface area contributed by atoms with Crippen LogP contribution in [-0.2, 0) is 6.42 Å². The summed E-state index contributed by atoms with van der Waals surface area (Å²) in [5.41, 5.74) is 1.30. The monoisotopic (exact) mass is 539 g/mol. The maximum absolute atomic E-state index is 13.2. The lowest BCUT2D eigenvalue weighted by atomic mass is 9.96. The molecular weight excluding hydrogens is 513 g/mol. The van der Waals surface area contributed by atoms with E-state index in [1.807, 2.05) is 25.1 Å². The van der Waals surface area contributed by atoms with Crippen LogP contribution in [0.3, 0.4) is 0 Å². The van der Waals surface area contributed by atoms with Crippen LogP contribution in [0.5, 0.6) is 11.5 Å². The fourth-order valence-electron chi connectivity index (χ4n) is 3.00. The molecule has 3 rings (SSSR count). The van der Waals surface area contributed by atoms with Gasteiger partial charge in [-0.25, -0.2) is 22.9 Å². The molecule has 38 heavy (non-hydrogen) atoms. The van der Waals surface area contributed by atoms with Gasteiger partial charge in [-0.1, -0.05) is 33.8 Å². The number of ether oxygens (including phenoxy) is 2. The van der Waals surface area contributed by atoms with Crippen molar-refractivity contribution in [2.24, 2.45) is 5.41 Å². The molecule has 1 aromatic heterocycles. The molecule has 0 bridgehead atoms. The van der Waals surface area contributed by atoms with Crippen LogP contribution in [-0.4, -0.2) is 35.5 Å². The first-order valence-corrected chi connectivity index (χ1v) is 11.3. The average molecular weight is 540 g/mol. The van der Waals surface area contributed by atoms with Gasteiger partial charge in [-0.3, -0.25) is 9.78 Å². The predicted molar refractivity (Wildman–Crippen MR) is 127 cm³/mol. The third-order valence-corrected chi connectivity index (χ3v) is 4.87. The first kappa shape index (κ1) is 30.1. The van der Waals surface area contributed by atoms with Gasteiger partial charge in [0.1, 0.15) is 5.75 Å². The smallest absolute Gasteiger partial charge is 0.364 e. The molecule has 0 atom stereocenters. The molecule has 0 unspecified atom stereocenters. The highest BCUT2D eigenvalue weighted by Gasteiger charge is 2.29. The van der Waals surface area contributed by atoms with Crippen LogP contribution in [0.4, 0.5) is 22.0 Å². The molecule has 0 aliphatic heterocycles. The van der Waals surface area contributed by atoms with Gasteiger partial charge in [0.15, 0.2) is 5.69 Å². The van der Waals surface area contributed by atoms with E-state index in [2.05, 4.69) is 40.8 Å². The Bertz CT molecular complexity index is 1270. The van der Waals surface area contributed by atoms with Crippen LogP contribution in [0, 0.1) is 34.5 Å². The van der Waals surface area contributed by atoms with E-state index < -0.39 is 46.5 Å². The summed E-state index contributed by atoms with van der Waals surface area (Å²) in [7, 11) is 1.63. The van der Waals surface area contributed by atoms with Gasteiger partial charge in [0.2, 0.25) is 34.8 Å². The number of hydrogen-bond acceptors (Lipinski definition) is 6. The van der Waals surface area contributed by atoms with Gasteiger partial charge in [0.25, 0.3) is 5.91 Å². The Morgan fingerprint density at radius 1 is 0.947 bits per heavy atom. The van der Waals surface area contributed by atoms with Gasteiger partial charge in [-0.05, 0) is 24.0 Å². The molecule has 7 nitrogen and oxygen atoms in total. The van der Waals surface area contributed by atoms with Gasteiger partial charge in [0, 0.05) is 30.1 Å². The third-order valence-electron chi connectivity index (χ3n) is 4.87. The summed E-state index contributed by atoms with van der Waals surface area (Å²) >= 11 is 0. The first-order chi connectivity index (χ1) is 17.8. The minimum atomic E-state index is -2.35. The van der Waals surface area contributed by atoms with Crippen molar-refractivity contribution in [1.29, 1.82) is 0 Å². The van der Waals surface area contributed by atoms with E-state index in [9.17, 15) is 31.5 Å². The van der Waals surface area contributed by atoms with Crippen LogP contribution in [0.1, 0.15) is 54.1 Å². The third kappa shape index (κ3) is 7.46. The summed E-state index contributed by atoms with van der Waals surface area (Å²) in [5, 5.41) is 2.97. The number of amides is 1. The highest BCUT2D eigenvalue weighted by molar-refractivity contribution is 5.96. The van der Waals surface area contributed by atoms with E-state index in [1.165, 1.54) is 6.20 Å². The summed E-state index contributed by atoms with van der Waals surface area (Å²) < 4.78 is 74.4. The minimum absolute atomic E-state index is 0.0272. The largest absolute Gasteiger partial charge is 0.496 e. The minimum Gasteiger partial charge on any atom is -0.496 e. The van der Waals surface area contributed by atoms with Crippen LogP contribution in [0.25, 0.3) is 0 Å². The molecule has 0 spiro atoms. The fraction of sp³-hybridized carbons (Fsp3) is 0.308. The summed E-state index contributed by atoms with van der Waals surface area (Å²) in [6, 6.07) is 5.59. The number of esters is 1. The standard InChI is InChI=1S/C15H23NO2.C11H3F5N2O2/c1-6-11-12(8-7-9-13(11)18-5)14(17)16-10-15(2,3)4;12-5-6(13)8(15)10(9(16)7(5)14)20-11(19)4-3-17-1-2-18-4/h7-9H,6,10H2,1-5H3,(H,16,17);1-3H. The highest BCUT2D eigenvalue weighted by Crippen LogP contribution is 2.29. The summed E-state index contributed by atoms with van der Waals surface area (Å²) in [6.45, 7) is 8.98. The lowest BCUT2D eigenvalue weighted by Crippen LogP contribution is -2.32. The van der Waals surface area contributed by atoms with Crippen molar-refractivity contribution in [3.8, 4) is 11.5 Å². The molecule has 3 aromatic rings. The number of nitrogens with one attached hydrogen (secondary N) is 1. The van der Waals surface area contributed by atoms with Crippen molar-refractivity contribution < 1.29 is 41.0 Å². The molecule has 12 heteroatoms. The number of carbonyl (C=O) groups is 2. The van der Waals surface area contributed by atoms with Crippen LogP contribution in [0.15, 0.2) is 36.8 Å². The van der Waals surface area contributed by atoms with Crippen molar-refractivity contribution in [3.63, 3.8) is 0 Å². The van der Waals surface area contributed by atoms with E-state index in [1.54, 1.807) is 7.11 Å².